The molecule has 32 heavy (non-hydrogen) atoms. The third-order valence-corrected chi connectivity index (χ3v) is 4.84. The van der Waals surface area contributed by atoms with Crippen molar-refractivity contribution in [3.05, 3.63) is 70.5 Å². The van der Waals surface area contributed by atoms with Gasteiger partial charge in [0, 0.05) is 12.7 Å². The molecule has 0 saturated heterocycles. The van der Waals surface area contributed by atoms with Crippen LogP contribution in [0, 0.1) is 20.8 Å². The van der Waals surface area contributed by atoms with Gasteiger partial charge in [-0.1, -0.05) is 35.0 Å². The van der Waals surface area contributed by atoms with Gasteiger partial charge in [-0.3, -0.25) is 9.59 Å². The number of halogens is 3. The van der Waals surface area contributed by atoms with Gasteiger partial charge in [0.1, 0.15) is 0 Å². The van der Waals surface area contributed by atoms with Gasteiger partial charge < -0.3 is 10.2 Å². The molecule has 10 heteroatoms. The van der Waals surface area contributed by atoms with Crippen molar-refractivity contribution in [2.45, 2.75) is 26.9 Å². The summed E-state index contributed by atoms with van der Waals surface area (Å²) < 4.78 is 40.6. The summed E-state index contributed by atoms with van der Waals surface area (Å²) in [5.41, 5.74) is 2.21. The molecule has 3 rings (SSSR count). The zero-order valence-electron chi connectivity index (χ0n) is 18.0. The number of para-hydroxylation sites is 1. The van der Waals surface area contributed by atoms with E-state index in [2.05, 4.69) is 15.6 Å². The Morgan fingerprint density at radius 1 is 1.09 bits per heavy atom. The summed E-state index contributed by atoms with van der Waals surface area (Å²) in [6, 6.07) is 8.72. The second kappa shape index (κ2) is 8.81. The number of hydrogen-bond donors (Lipinski definition) is 1. The topological polar surface area (TPSA) is 80.1 Å². The molecule has 0 unspecified atom stereocenters. The molecule has 0 aliphatic rings. The predicted octanol–water partition coefficient (Wildman–Crippen LogP) is 3.92. The lowest BCUT2D eigenvalue weighted by Crippen LogP contribution is -2.35. The van der Waals surface area contributed by atoms with Crippen molar-refractivity contribution < 1.29 is 22.8 Å². The Morgan fingerprint density at radius 3 is 2.34 bits per heavy atom. The van der Waals surface area contributed by atoms with Crippen LogP contribution in [0.25, 0.3) is 5.69 Å². The van der Waals surface area contributed by atoms with E-state index in [9.17, 15) is 22.8 Å². The first kappa shape index (κ1) is 23.0. The van der Waals surface area contributed by atoms with Crippen LogP contribution < -0.4 is 5.32 Å². The van der Waals surface area contributed by atoms with E-state index in [0.717, 1.165) is 38.5 Å². The molecule has 168 valence electrons. The second-order valence-electron chi connectivity index (χ2n) is 7.55. The maximum absolute atomic E-state index is 13.2. The number of anilines is 1. The first-order valence-corrected chi connectivity index (χ1v) is 9.69. The van der Waals surface area contributed by atoms with Crippen LogP contribution in [-0.2, 0) is 11.0 Å². The summed E-state index contributed by atoms with van der Waals surface area (Å²) in [5, 5.41) is 10.1. The molecule has 0 saturated carbocycles. The third-order valence-electron chi connectivity index (χ3n) is 4.84. The number of likely N-dealkylation sites (N-methyl/N-ethyl adjacent to an activating group) is 1. The Bertz CT molecular complexity index is 1150. The Labute approximate surface area is 182 Å². The highest BCUT2D eigenvalue weighted by Gasteiger charge is 2.34. The van der Waals surface area contributed by atoms with Crippen molar-refractivity contribution in [3.8, 4) is 5.69 Å². The molecule has 0 atom stereocenters. The van der Waals surface area contributed by atoms with Gasteiger partial charge in [0.2, 0.25) is 5.91 Å². The van der Waals surface area contributed by atoms with E-state index < -0.39 is 23.6 Å². The fourth-order valence-electron chi connectivity index (χ4n) is 3.43. The molecule has 0 spiro atoms. The van der Waals surface area contributed by atoms with Crippen LogP contribution in [-0.4, -0.2) is 45.3 Å². The first-order valence-electron chi connectivity index (χ1n) is 9.69. The van der Waals surface area contributed by atoms with E-state index in [1.165, 1.54) is 25.2 Å². The lowest BCUT2D eigenvalue weighted by atomic mass is 10.1. The molecule has 2 aromatic carbocycles. The molecule has 0 fully saturated rings. The number of rotatable bonds is 5. The fraction of sp³-hybridized carbons (Fsp3) is 0.273. The number of hydrogen-bond acceptors (Lipinski definition) is 4. The second-order valence-corrected chi connectivity index (χ2v) is 7.55. The number of amides is 2. The Kier molecular flexibility index (Phi) is 6.33. The van der Waals surface area contributed by atoms with Crippen LogP contribution in [0.1, 0.15) is 32.7 Å². The maximum Gasteiger partial charge on any atom is 0.418 e. The summed E-state index contributed by atoms with van der Waals surface area (Å²) >= 11 is 0. The lowest BCUT2D eigenvalue weighted by molar-refractivity contribution is -0.137. The van der Waals surface area contributed by atoms with Gasteiger partial charge in [-0.05, 0) is 44.0 Å². The minimum Gasteiger partial charge on any atom is -0.331 e. The van der Waals surface area contributed by atoms with Crippen LogP contribution in [0.2, 0.25) is 0 Å². The minimum atomic E-state index is -4.59. The van der Waals surface area contributed by atoms with Crippen molar-refractivity contribution in [2.75, 3.05) is 18.9 Å². The Hall–Kier alpha value is -3.69. The van der Waals surface area contributed by atoms with Gasteiger partial charge in [-0.15, -0.1) is 5.10 Å². The van der Waals surface area contributed by atoms with Crippen LogP contribution in [0.4, 0.5) is 18.9 Å². The number of nitrogens with zero attached hydrogens (tertiary/aromatic N) is 4. The standard InChI is InChI=1S/C22H22F3N5O2/c1-13-9-14(2)20(15(3)10-13)26-19(31)12-29(4)21(32)17-11-30(28-27-17)18-8-6-5-7-16(18)22(23,24)25/h5-11H,12H2,1-4H3,(H,26,31). The van der Waals surface area contributed by atoms with Crippen molar-refractivity contribution in [1.82, 2.24) is 19.9 Å². The van der Waals surface area contributed by atoms with Crippen molar-refractivity contribution in [2.24, 2.45) is 0 Å². The molecule has 2 amide bonds. The molecule has 7 nitrogen and oxygen atoms in total. The fourth-order valence-corrected chi connectivity index (χ4v) is 3.43. The summed E-state index contributed by atoms with van der Waals surface area (Å²) in [7, 11) is 1.40. The van der Waals surface area contributed by atoms with Gasteiger partial charge in [0.05, 0.1) is 24.0 Å². The molecular formula is C22H22F3N5O2. The average molecular weight is 445 g/mol. The van der Waals surface area contributed by atoms with Crippen molar-refractivity contribution >= 4 is 17.5 Å². The number of aromatic nitrogens is 3. The number of benzene rings is 2. The maximum atomic E-state index is 13.2. The molecule has 0 radical (unpaired) electrons. The number of alkyl halides is 3. The summed E-state index contributed by atoms with van der Waals surface area (Å²) in [6.45, 7) is 5.44. The predicted molar refractivity (Wildman–Crippen MR) is 113 cm³/mol. The normalized spacial score (nSPS) is 11.3. The molecule has 0 bridgehead atoms. The monoisotopic (exact) mass is 445 g/mol. The minimum absolute atomic E-state index is 0.181. The summed E-state index contributed by atoms with van der Waals surface area (Å²) in [4.78, 5) is 26.2. The molecule has 1 heterocycles. The number of carbonyl (C=O) groups is 2. The Morgan fingerprint density at radius 2 is 1.72 bits per heavy atom. The van der Waals surface area contributed by atoms with Gasteiger partial charge in [0.25, 0.3) is 5.91 Å². The van der Waals surface area contributed by atoms with E-state index in [0.29, 0.717) is 5.69 Å². The highest BCUT2D eigenvalue weighted by Crippen LogP contribution is 2.33. The Balaban J connectivity index is 1.73. The highest BCUT2D eigenvalue weighted by atomic mass is 19.4. The molecule has 0 aliphatic carbocycles. The smallest absolute Gasteiger partial charge is 0.331 e. The van der Waals surface area contributed by atoms with E-state index >= 15 is 0 Å². The largest absolute Gasteiger partial charge is 0.418 e. The van der Waals surface area contributed by atoms with Crippen LogP contribution in [0.15, 0.2) is 42.6 Å². The number of carbonyl (C=O) groups excluding carboxylic acids is 2. The van der Waals surface area contributed by atoms with Crippen molar-refractivity contribution in [3.63, 3.8) is 0 Å². The molecule has 1 aromatic heterocycles. The highest BCUT2D eigenvalue weighted by molar-refractivity contribution is 5.98. The van der Waals surface area contributed by atoms with Gasteiger partial charge in [0.15, 0.2) is 5.69 Å². The van der Waals surface area contributed by atoms with Crippen LogP contribution in [0.3, 0.4) is 0 Å². The SMILES string of the molecule is Cc1cc(C)c(NC(=O)CN(C)C(=O)c2cn(-c3ccccc3C(F)(F)F)nn2)c(C)c1. The van der Waals surface area contributed by atoms with Gasteiger partial charge in [-0.2, -0.15) is 13.2 Å². The summed E-state index contributed by atoms with van der Waals surface area (Å²) in [5.74, 6) is -1.06. The summed E-state index contributed by atoms with van der Waals surface area (Å²) in [6.07, 6.45) is -3.48. The van der Waals surface area contributed by atoms with E-state index in [1.54, 1.807) is 0 Å². The lowest BCUT2D eigenvalue weighted by Gasteiger charge is -2.17. The zero-order valence-corrected chi connectivity index (χ0v) is 18.0. The molecule has 3 aromatic rings. The number of aryl methyl sites for hydroxylation is 3. The van der Waals surface area contributed by atoms with E-state index in [-0.39, 0.29) is 17.9 Å². The zero-order chi connectivity index (χ0) is 23.6. The molecule has 1 N–H and O–H groups in total. The van der Waals surface area contributed by atoms with Gasteiger partial charge in [-0.25, -0.2) is 4.68 Å². The van der Waals surface area contributed by atoms with Crippen LogP contribution in [0.5, 0.6) is 0 Å². The van der Waals surface area contributed by atoms with E-state index in [1.807, 2.05) is 32.9 Å². The molecule has 0 aliphatic heterocycles. The molecular weight excluding hydrogens is 423 g/mol. The number of nitrogens with one attached hydrogen (secondary N) is 1. The first-order chi connectivity index (χ1) is 15.0. The van der Waals surface area contributed by atoms with Gasteiger partial charge >= 0.3 is 6.18 Å². The third kappa shape index (κ3) is 4.96. The van der Waals surface area contributed by atoms with Crippen molar-refractivity contribution in [1.29, 1.82) is 0 Å². The average Bonchev–Trinajstić information content (AvgIpc) is 3.19. The quantitative estimate of drug-likeness (QED) is 0.646. The van der Waals surface area contributed by atoms with E-state index in [4.69, 9.17) is 0 Å². The van der Waals surface area contributed by atoms with Crippen LogP contribution >= 0.6 is 0 Å².